The molecule has 0 fully saturated rings. The van der Waals surface area contributed by atoms with Crippen molar-refractivity contribution in [1.82, 2.24) is 13.2 Å². The molecule has 3 heterocycles. The monoisotopic (exact) mass is 267 g/mol. The van der Waals surface area contributed by atoms with E-state index in [1.54, 1.807) is 6.07 Å². The van der Waals surface area contributed by atoms with Gasteiger partial charge in [0.15, 0.2) is 0 Å². The summed E-state index contributed by atoms with van der Waals surface area (Å²) in [6, 6.07) is 7.20. The topological polar surface area (TPSA) is 99.1 Å². The van der Waals surface area contributed by atoms with Crippen LogP contribution in [-0.4, -0.2) is 21.7 Å². The fourth-order valence-corrected chi connectivity index (χ4v) is 3.11. The third-order valence-corrected chi connectivity index (χ3v) is 4.15. The molecule has 0 aliphatic carbocycles. The molecular weight excluding hydrogens is 262 g/mol. The molecule has 0 N–H and O–H groups in total. The quantitative estimate of drug-likeness (QED) is 0.502. The number of hydrogen-bond donors (Lipinski definition) is 0. The minimum Gasteiger partial charge on any atom is -0.261 e. The Hall–Kier alpha value is -2.42. The number of imidazole rings is 1. The number of hydrogen-bond acceptors (Lipinski definition) is 5. The highest BCUT2D eigenvalue weighted by Gasteiger charge is 2.32. The van der Waals surface area contributed by atoms with E-state index < -0.39 is 26.8 Å². The van der Waals surface area contributed by atoms with Gasteiger partial charge in [-0.25, -0.2) is 4.79 Å². The maximum Gasteiger partial charge on any atom is 0.377 e. The molecule has 0 radical (unpaired) electrons. The molecule has 1 aromatic carbocycles. The van der Waals surface area contributed by atoms with Crippen LogP contribution in [-0.2, 0) is 10.0 Å². The predicted molar refractivity (Wildman–Crippen MR) is 59.0 cm³/mol. The second kappa shape index (κ2) is 3.07. The Bertz CT molecular complexity index is 936. The van der Waals surface area contributed by atoms with Gasteiger partial charge in [-0.05, 0) is 12.1 Å². The van der Waals surface area contributed by atoms with Gasteiger partial charge in [-0.1, -0.05) is 22.4 Å². The molecule has 8 nitrogen and oxygen atoms in total. The van der Waals surface area contributed by atoms with Crippen molar-refractivity contribution in [3.63, 3.8) is 0 Å². The van der Waals surface area contributed by atoms with Crippen molar-refractivity contribution in [3.05, 3.63) is 61.5 Å². The van der Waals surface area contributed by atoms with Crippen LogP contribution in [0.25, 0.3) is 0 Å². The smallest absolute Gasteiger partial charge is 0.261 e. The van der Waals surface area contributed by atoms with E-state index >= 15 is 0 Å². The Labute approximate surface area is 98.6 Å². The van der Waals surface area contributed by atoms with Crippen LogP contribution in [0.5, 0.6) is 0 Å². The molecule has 0 unspecified atom stereocenters. The maximum absolute atomic E-state index is 12.1. The van der Waals surface area contributed by atoms with Crippen molar-refractivity contribution >= 4 is 10.0 Å². The van der Waals surface area contributed by atoms with Crippen LogP contribution in [0.3, 0.4) is 0 Å². The zero-order valence-corrected chi connectivity index (χ0v) is 9.49. The number of rotatable bonds is 2. The average molecular weight is 267 g/mol. The first-order chi connectivity index (χ1) is 8.46. The van der Waals surface area contributed by atoms with Gasteiger partial charge in [-0.3, -0.25) is 9.59 Å². The molecule has 92 valence electrons. The highest BCUT2D eigenvalue weighted by molar-refractivity contribution is 7.89. The van der Waals surface area contributed by atoms with Crippen LogP contribution in [0.2, 0.25) is 0 Å². The lowest BCUT2D eigenvalue weighted by Gasteiger charge is -2.11. The minimum absolute atomic E-state index is 0.116. The van der Waals surface area contributed by atoms with Gasteiger partial charge in [-0.2, -0.15) is 8.42 Å². The summed E-state index contributed by atoms with van der Waals surface area (Å²) in [5.74, 6) is 0. The second-order valence-corrected chi connectivity index (χ2v) is 5.31. The van der Waals surface area contributed by atoms with Gasteiger partial charge in [0.1, 0.15) is 0 Å². The Kier molecular flexibility index (Phi) is 1.83. The summed E-state index contributed by atoms with van der Waals surface area (Å²) < 4.78 is 25.2. The van der Waals surface area contributed by atoms with E-state index in [1.165, 1.54) is 24.3 Å². The van der Waals surface area contributed by atoms with Gasteiger partial charge in [0.05, 0.1) is 4.90 Å². The summed E-state index contributed by atoms with van der Waals surface area (Å²) in [6.45, 7) is 0. The first kappa shape index (κ1) is 10.7. The molecule has 18 heavy (non-hydrogen) atoms. The zero-order valence-electron chi connectivity index (χ0n) is 8.68. The van der Waals surface area contributed by atoms with E-state index in [0.717, 1.165) is 0 Å². The van der Waals surface area contributed by atoms with Crippen molar-refractivity contribution in [2.45, 2.75) is 4.90 Å². The molecule has 4 aromatic rings. The molecule has 3 aromatic heterocycles. The molecule has 9 heteroatoms. The fraction of sp³-hybridized carbons (Fsp3) is 0. The van der Waals surface area contributed by atoms with E-state index in [-0.39, 0.29) is 4.90 Å². The van der Waals surface area contributed by atoms with Gasteiger partial charge >= 0.3 is 16.8 Å². The van der Waals surface area contributed by atoms with Crippen molar-refractivity contribution in [3.8, 4) is 0 Å². The lowest BCUT2D eigenvalue weighted by Crippen LogP contribution is -2.45. The van der Waals surface area contributed by atoms with Crippen LogP contribution in [0.1, 0.15) is 0 Å². The van der Waals surface area contributed by atoms with Crippen LogP contribution < -0.4 is 16.8 Å². The Balaban J connectivity index is 2.39. The minimum atomic E-state index is -4.11. The molecule has 0 amide bonds. The van der Waals surface area contributed by atoms with E-state index in [0.29, 0.717) is 13.2 Å². The summed E-state index contributed by atoms with van der Waals surface area (Å²) in [4.78, 5) is 33.6. The van der Waals surface area contributed by atoms with Crippen molar-refractivity contribution < 1.29 is 8.42 Å². The van der Waals surface area contributed by atoms with E-state index in [4.69, 9.17) is 0 Å². The van der Waals surface area contributed by atoms with Crippen LogP contribution in [0.4, 0.5) is 0 Å². The summed E-state index contributed by atoms with van der Waals surface area (Å²) in [7, 11) is -4.11. The molecule has 2 bridgehead atoms. The van der Waals surface area contributed by atoms with Gasteiger partial charge in [0, 0.05) is 0 Å². The summed E-state index contributed by atoms with van der Waals surface area (Å²) >= 11 is 0. The van der Waals surface area contributed by atoms with E-state index in [9.17, 15) is 22.8 Å². The predicted octanol–water partition coefficient (Wildman–Crippen LogP) is -1.97. The van der Waals surface area contributed by atoms with Gasteiger partial charge in [0.2, 0.25) is 0 Å². The van der Waals surface area contributed by atoms with Gasteiger partial charge in [-0.15, -0.1) is 9.03 Å². The summed E-state index contributed by atoms with van der Waals surface area (Å²) in [5, 5.41) is 0. The Morgan fingerprint density at radius 2 is 1.33 bits per heavy atom. The number of fused-ring (bicyclic) bond motifs is 1. The number of nitrogens with zero attached hydrogens (tertiary/aromatic N) is 3. The standard InChI is InChI=1S/C9H5N3O5S/c13-7-8(14)11-9(15)10(7)12(11)18(16,17)6-4-2-1-3-5-6/h1-5H. The molecule has 0 saturated carbocycles. The molecule has 0 saturated heterocycles. The molecule has 4 rings (SSSR count). The van der Waals surface area contributed by atoms with Crippen molar-refractivity contribution in [1.29, 1.82) is 0 Å². The van der Waals surface area contributed by atoms with Crippen LogP contribution in [0, 0.1) is 0 Å². The first-order valence-electron chi connectivity index (χ1n) is 4.79. The third kappa shape index (κ3) is 1.03. The molecule has 0 aliphatic rings. The number of aromatic nitrogens is 3. The van der Waals surface area contributed by atoms with Gasteiger partial charge < -0.3 is 0 Å². The molecular formula is C9H5N3O5S. The summed E-state index contributed by atoms with van der Waals surface area (Å²) in [6.07, 6.45) is 0. The normalized spacial score (nSPS) is 12.4. The van der Waals surface area contributed by atoms with E-state index in [1.807, 2.05) is 0 Å². The maximum atomic E-state index is 12.1. The van der Waals surface area contributed by atoms with Gasteiger partial charge in [0.25, 0.3) is 10.0 Å². The highest BCUT2D eigenvalue weighted by atomic mass is 32.2. The summed E-state index contributed by atoms with van der Waals surface area (Å²) in [5.41, 5.74) is -3.29. The lowest BCUT2D eigenvalue weighted by atomic mass is 10.4. The van der Waals surface area contributed by atoms with Crippen molar-refractivity contribution in [2.75, 3.05) is 0 Å². The fourth-order valence-electron chi connectivity index (χ4n) is 1.70. The van der Waals surface area contributed by atoms with E-state index in [2.05, 4.69) is 0 Å². The highest BCUT2D eigenvalue weighted by Crippen LogP contribution is 2.10. The number of benzene rings is 1. The lowest BCUT2D eigenvalue weighted by molar-refractivity contribution is 0.485. The average Bonchev–Trinajstić information content (AvgIpc) is 2.74. The molecule has 0 atom stereocenters. The van der Waals surface area contributed by atoms with Crippen LogP contribution in [0.15, 0.2) is 49.6 Å². The molecule has 0 aliphatic heterocycles. The van der Waals surface area contributed by atoms with Crippen molar-refractivity contribution in [2.24, 2.45) is 0 Å². The first-order valence-corrected chi connectivity index (χ1v) is 6.23. The Morgan fingerprint density at radius 1 is 0.833 bits per heavy atom. The second-order valence-electron chi connectivity index (χ2n) is 3.56. The molecule has 0 spiro atoms. The Morgan fingerprint density at radius 3 is 1.78 bits per heavy atom. The largest absolute Gasteiger partial charge is 0.377 e. The SMILES string of the molecule is O=c1c(=O)n2c(=O)n1n2S(=O)(=O)c1ccccc1. The zero-order chi connectivity index (χ0) is 13.1. The third-order valence-electron chi connectivity index (χ3n) is 2.53. The van der Waals surface area contributed by atoms with Crippen LogP contribution >= 0.6 is 0 Å².